The summed E-state index contributed by atoms with van der Waals surface area (Å²) in [4.78, 5) is 36.6. The average molecular weight is 310 g/mol. The first-order valence-electron chi connectivity index (χ1n) is 6.47. The molecule has 2 N–H and O–H groups in total. The summed E-state index contributed by atoms with van der Waals surface area (Å²) in [5.74, 6) is -1.50. The first kappa shape index (κ1) is 16.9. The van der Waals surface area contributed by atoms with Crippen LogP contribution in [-0.2, 0) is 9.59 Å². The molecular formula is C14H18N2O4S. The zero-order valence-electron chi connectivity index (χ0n) is 12.0. The Hall–Kier alpha value is -2.15. The molecule has 114 valence electrons. The molecule has 0 saturated heterocycles. The highest BCUT2D eigenvalue weighted by atomic mass is 32.1. The standard InChI is InChI=1S/C14H18N2O4S/c1-3-8-15-12(17)9-16(2)14(20)11-6-4-10(21-11)5-7-13(18)19/h4-7H,3,8-9H2,1-2H3,(H,15,17)(H,18,19). The molecule has 0 aliphatic carbocycles. The number of hydrogen-bond donors (Lipinski definition) is 2. The largest absolute Gasteiger partial charge is 0.478 e. The minimum atomic E-state index is -1.04. The first-order valence-corrected chi connectivity index (χ1v) is 7.28. The number of nitrogens with one attached hydrogen (secondary N) is 1. The number of rotatable bonds is 7. The van der Waals surface area contributed by atoms with Gasteiger partial charge in [-0.05, 0) is 24.6 Å². The van der Waals surface area contributed by atoms with Gasteiger partial charge in [-0.25, -0.2) is 4.79 Å². The number of carbonyl (C=O) groups is 3. The van der Waals surface area contributed by atoms with E-state index in [-0.39, 0.29) is 18.4 Å². The van der Waals surface area contributed by atoms with E-state index in [0.717, 1.165) is 12.5 Å². The van der Waals surface area contributed by atoms with Gasteiger partial charge in [-0.15, -0.1) is 11.3 Å². The molecule has 6 nitrogen and oxygen atoms in total. The molecule has 0 aromatic carbocycles. The molecule has 21 heavy (non-hydrogen) atoms. The Balaban J connectivity index is 2.62. The predicted octanol–water partition coefficient (Wildman–Crippen LogP) is 1.44. The normalized spacial score (nSPS) is 10.6. The Bertz CT molecular complexity index is 551. The predicted molar refractivity (Wildman–Crippen MR) is 81.3 cm³/mol. The number of hydrogen-bond acceptors (Lipinski definition) is 4. The average Bonchev–Trinajstić information content (AvgIpc) is 2.90. The lowest BCUT2D eigenvalue weighted by Crippen LogP contribution is -2.38. The molecule has 2 amide bonds. The summed E-state index contributed by atoms with van der Waals surface area (Å²) in [6.45, 7) is 2.54. The van der Waals surface area contributed by atoms with Crippen molar-refractivity contribution in [3.8, 4) is 0 Å². The van der Waals surface area contributed by atoms with E-state index in [1.165, 1.54) is 22.3 Å². The summed E-state index contributed by atoms with van der Waals surface area (Å²) >= 11 is 1.18. The number of likely N-dealkylation sites (N-methyl/N-ethyl adjacent to an activating group) is 1. The highest BCUT2D eigenvalue weighted by molar-refractivity contribution is 7.14. The van der Waals surface area contributed by atoms with Crippen LogP contribution in [0.2, 0.25) is 0 Å². The number of carboxylic acids is 1. The van der Waals surface area contributed by atoms with Crippen molar-refractivity contribution in [1.82, 2.24) is 10.2 Å². The van der Waals surface area contributed by atoms with Crippen molar-refractivity contribution < 1.29 is 19.5 Å². The molecule has 1 aromatic heterocycles. The van der Waals surface area contributed by atoms with E-state index < -0.39 is 5.97 Å². The molecule has 0 bridgehead atoms. The van der Waals surface area contributed by atoms with Gasteiger partial charge >= 0.3 is 5.97 Å². The van der Waals surface area contributed by atoms with Gasteiger partial charge < -0.3 is 15.3 Å². The second-order valence-corrected chi connectivity index (χ2v) is 5.50. The van der Waals surface area contributed by atoms with E-state index in [9.17, 15) is 14.4 Å². The van der Waals surface area contributed by atoms with Crippen molar-refractivity contribution in [2.75, 3.05) is 20.1 Å². The SMILES string of the molecule is CCCNC(=O)CN(C)C(=O)c1ccc(C=CC(=O)O)s1. The molecule has 0 aliphatic rings. The maximum atomic E-state index is 12.1. The molecule has 0 radical (unpaired) electrons. The van der Waals surface area contributed by atoms with E-state index in [0.29, 0.717) is 16.3 Å². The summed E-state index contributed by atoms with van der Waals surface area (Å²) in [6, 6.07) is 3.29. The topological polar surface area (TPSA) is 86.7 Å². The van der Waals surface area contributed by atoms with Crippen LogP contribution >= 0.6 is 11.3 Å². The van der Waals surface area contributed by atoms with Gasteiger partial charge in [0.05, 0.1) is 11.4 Å². The summed E-state index contributed by atoms with van der Waals surface area (Å²) in [5, 5.41) is 11.2. The molecular weight excluding hydrogens is 292 g/mol. The fraction of sp³-hybridized carbons (Fsp3) is 0.357. The van der Waals surface area contributed by atoms with Crippen LogP contribution in [0.4, 0.5) is 0 Å². The van der Waals surface area contributed by atoms with Crippen LogP contribution in [0.25, 0.3) is 6.08 Å². The van der Waals surface area contributed by atoms with Crippen LogP contribution < -0.4 is 5.32 Å². The minimum Gasteiger partial charge on any atom is -0.478 e. The number of amides is 2. The van der Waals surface area contributed by atoms with Gasteiger partial charge in [-0.1, -0.05) is 6.92 Å². The molecule has 1 rings (SSSR count). The van der Waals surface area contributed by atoms with Gasteiger partial charge in [-0.3, -0.25) is 9.59 Å². The van der Waals surface area contributed by atoms with E-state index in [2.05, 4.69) is 5.32 Å². The molecule has 7 heteroatoms. The Morgan fingerprint density at radius 2 is 2.10 bits per heavy atom. The monoisotopic (exact) mass is 310 g/mol. The Morgan fingerprint density at radius 3 is 2.71 bits per heavy atom. The minimum absolute atomic E-state index is 0.00294. The van der Waals surface area contributed by atoms with E-state index in [1.54, 1.807) is 19.2 Å². The molecule has 0 spiro atoms. The van der Waals surface area contributed by atoms with Crippen molar-refractivity contribution in [2.45, 2.75) is 13.3 Å². The van der Waals surface area contributed by atoms with E-state index in [4.69, 9.17) is 5.11 Å². The number of carboxylic acid groups (broad SMARTS) is 1. The Morgan fingerprint density at radius 1 is 1.38 bits per heavy atom. The summed E-state index contributed by atoms with van der Waals surface area (Å²) in [5.41, 5.74) is 0. The summed E-state index contributed by atoms with van der Waals surface area (Å²) < 4.78 is 0. The van der Waals surface area contributed by atoms with Crippen LogP contribution in [0.3, 0.4) is 0 Å². The highest BCUT2D eigenvalue weighted by Gasteiger charge is 2.16. The number of nitrogens with zero attached hydrogens (tertiary/aromatic N) is 1. The Kier molecular flexibility index (Phi) is 6.61. The third kappa shape index (κ3) is 5.78. The first-order chi connectivity index (χ1) is 9.93. The smallest absolute Gasteiger partial charge is 0.328 e. The second-order valence-electron chi connectivity index (χ2n) is 4.38. The van der Waals surface area contributed by atoms with E-state index in [1.807, 2.05) is 6.92 Å². The maximum absolute atomic E-state index is 12.1. The molecule has 1 heterocycles. The van der Waals surface area contributed by atoms with E-state index >= 15 is 0 Å². The van der Waals surface area contributed by atoms with Crippen molar-refractivity contribution in [1.29, 1.82) is 0 Å². The molecule has 0 fully saturated rings. The second kappa shape index (κ2) is 8.21. The number of carbonyl (C=O) groups excluding carboxylic acids is 2. The van der Waals surface area contributed by atoms with Crippen molar-refractivity contribution in [3.05, 3.63) is 28.0 Å². The third-order valence-corrected chi connectivity index (χ3v) is 3.57. The zero-order chi connectivity index (χ0) is 15.8. The summed E-state index contributed by atoms with van der Waals surface area (Å²) in [7, 11) is 1.56. The van der Waals surface area contributed by atoms with Crippen LogP contribution in [0, 0.1) is 0 Å². The fourth-order valence-corrected chi connectivity index (χ4v) is 2.41. The van der Waals surface area contributed by atoms with Gasteiger partial charge in [0, 0.05) is 24.5 Å². The van der Waals surface area contributed by atoms with Gasteiger partial charge in [0.2, 0.25) is 5.91 Å². The zero-order valence-corrected chi connectivity index (χ0v) is 12.8. The molecule has 0 saturated carbocycles. The van der Waals surface area contributed by atoms with Crippen LogP contribution in [-0.4, -0.2) is 47.9 Å². The van der Waals surface area contributed by atoms with Crippen molar-refractivity contribution in [3.63, 3.8) is 0 Å². The quantitative estimate of drug-likeness (QED) is 0.746. The van der Waals surface area contributed by atoms with Gasteiger partial charge in [0.25, 0.3) is 5.91 Å². The van der Waals surface area contributed by atoms with Gasteiger partial charge in [-0.2, -0.15) is 0 Å². The summed E-state index contributed by atoms with van der Waals surface area (Å²) in [6.07, 6.45) is 3.29. The number of thiophene rings is 1. The molecule has 0 unspecified atom stereocenters. The van der Waals surface area contributed by atoms with Crippen LogP contribution in [0.5, 0.6) is 0 Å². The molecule has 0 atom stereocenters. The maximum Gasteiger partial charge on any atom is 0.328 e. The lowest BCUT2D eigenvalue weighted by molar-refractivity contribution is -0.131. The molecule has 1 aromatic rings. The van der Waals surface area contributed by atoms with Gasteiger partial charge in [0.15, 0.2) is 0 Å². The lowest BCUT2D eigenvalue weighted by Gasteiger charge is -2.15. The van der Waals surface area contributed by atoms with Crippen molar-refractivity contribution in [2.24, 2.45) is 0 Å². The van der Waals surface area contributed by atoms with Crippen LogP contribution in [0.15, 0.2) is 18.2 Å². The lowest BCUT2D eigenvalue weighted by atomic mass is 10.3. The van der Waals surface area contributed by atoms with Crippen LogP contribution in [0.1, 0.15) is 27.9 Å². The third-order valence-electron chi connectivity index (χ3n) is 2.53. The highest BCUT2D eigenvalue weighted by Crippen LogP contribution is 2.19. The fourth-order valence-electron chi connectivity index (χ4n) is 1.51. The Labute approximate surface area is 127 Å². The van der Waals surface area contributed by atoms with Gasteiger partial charge in [0.1, 0.15) is 0 Å². The number of aliphatic carboxylic acids is 1. The molecule has 0 aliphatic heterocycles. The van der Waals surface area contributed by atoms with Crippen molar-refractivity contribution >= 4 is 35.2 Å².